The summed E-state index contributed by atoms with van der Waals surface area (Å²) in [6.07, 6.45) is -1.15. The number of hydrogen-bond donors (Lipinski definition) is 8. The van der Waals surface area contributed by atoms with Crippen LogP contribution in [0.1, 0.15) is 137 Å². The van der Waals surface area contributed by atoms with E-state index in [0.717, 1.165) is 24.2 Å². The van der Waals surface area contributed by atoms with Crippen molar-refractivity contribution in [1.82, 2.24) is 30.7 Å². The van der Waals surface area contributed by atoms with Crippen LogP contribution >= 0.6 is 0 Å². The van der Waals surface area contributed by atoms with Gasteiger partial charge in [-0.15, -0.1) is 0 Å². The standard InChI is InChI=1S/C67H105N7O18/c1-15-41(6)57(50(86-11)35-54(78)74-33-23-26-47(74)61(88-13)42(7)62(82)69-43(8)58(79)45-24-19-18-20-25-45)72(9)64(84)55(39(2)3)71-63(83)56(40(4)5)73(10)66(85)91-37-44-28-29-49(92-65-60(81)59(80)48(75)38-90-65)46(34-44)70-52(76)30-32-68-53(77)36-67(89-14)31-22-17-16-21-27-51(67)87-12/h18-21,24-25,27-29,34,39-43,47-48,50-51,55-61,65,75,79-81H,15-17,22-23,26,30-33,35-38H2,1-14H3,(H,68,77)(H,69,82)(H,70,76)(H,71,83)/b27-21+/t41-,42+,43+,47-,48-,50+,51-,55-,56-,57-,58+,59-,60+,61+,65-,67-/m0/s1. The molecule has 25 nitrogen and oxygen atoms in total. The molecule has 0 radical (unpaired) electrons. The second kappa shape index (κ2) is 36.4. The molecule has 0 saturated carbocycles. The molecule has 1 aliphatic carbocycles. The van der Waals surface area contributed by atoms with Crippen LogP contribution in [0.5, 0.6) is 5.75 Å². The predicted octanol–water partition coefficient (Wildman–Crippen LogP) is 4.76. The Morgan fingerprint density at radius 2 is 1.53 bits per heavy atom. The number of ether oxygens (including phenoxy) is 7. The fraction of sp³-hybridized carbons (Fsp3) is 0.687. The van der Waals surface area contributed by atoms with E-state index in [4.69, 9.17) is 33.2 Å². The Kier molecular flexibility index (Phi) is 30.2. The molecule has 0 bridgehead atoms. The lowest BCUT2D eigenvalue weighted by Gasteiger charge is -2.41. The minimum atomic E-state index is -1.68. The summed E-state index contributed by atoms with van der Waals surface area (Å²) in [7, 11) is 9.14. The fourth-order valence-corrected chi connectivity index (χ4v) is 12.7. The number of nitrogens with zero attached hydrogens (tertiary/aromatic N) is 3. The molecule has 0 unspecified atom stereocenters. The SMILES string of the molecule is CC[C@H](C)[C@@H]([C@@H](CC(=O)N1CCC[C@H]1[C@H](OC)[C@@H](C)C(=O)N[C@H](C)[C@@H](O)c1ccccc1)OC)N(C)C(=O)[C@@H](NC(=O)[C@H](C(C)C)N(C)C(=O)OCc1ccc(O[C@@H]2OC[C@H](O)[C@H](O)[C@H]2O)c(NC(=O)CCNC(=O)C[C@@]2(OC)CCCC/C=C/[C@@H]2OC)c1)C(C)C. The number of methoxy groups -OCH3 is 4. The lowest BCUT2D eigenvalue weighted by molar-refractivity contribution is -0.241. The number of anilines is 1. The summed E-state index contributed by atoms with van der Waals surface area (Å²) >= 11 is 0. The van der Waals surface area contributed by atoms with Crippen molar-refractivity contribution in [2.75, 3.05) is 67.5 Å². The maximum atomic E-state index is 14.9. The van der Waals surface area contributed by atoms with Crippen LogP contribution in [0.3, 0.4) is 0 Å². The van der Waals surface area contributed by atoms with Gasteiger partial charge in [-0.05, 0) is 80.0 Å². The topological polar surface area (TPSA) is 323 Å². The third-order valence-corrected chi connectivity index (χ3v) is 18.3. The minimum absolute atomic E-state index is 0.0139. The molecule has 2 saturated heterocycles. The monoisotopic (exact) mass is 1300 g/mol. The van der Waals surface area contributed by atoms with Gasteiger partial charge in [0.05, 0.1) is 67.5 Å². The molecule has 2 heterocycles. The van der Waals surface area contributed by atoms with E-state index in [0.29, 0.717) is 43.4 Å². The molecule has 516 valence electrons. The Labute approximate surface area is 542 Å². The Morgan fingerprint density at radius 1 is 0.826 bits per heavy atom. The molecule has 2 fully saturated rings. The van der Waals surface area contributed by atoms with Crippen molar-refractivity contribution in [3.8, 4) is 5.75 Å². The van der Waals surface area contributed by atoms with E-state index in [1.54, 1.807) is 79.8 Å². The number of nitrogens with one attached hydrogen (secondary N) is 4. The smallest absolute Gasteiger partial charge is 0.410 e. The molecule has 2 aromatic rings. The molecule has 8 N–H and O–H groups in total. The van der Waals surface area contributed by atoms with E-state index in [1.165, 1.54) is 44.4 Å². The van der Waals surface area contributed by atoms with Crippen molar-refractivity contribution in [3.63, 3.8) is 0 Å². The van der Waals surface area contributed by atoms with Crippen molar-refractivity contribution in [3.05, 3.63) is 71.8 Å². The summed E-state index contributed by atoms with van der Waals surface area (Å²) in [5, 5.41) is 53.5. The number of allylic oxidation sites excluding steroid dienone is 1. The minimum Gasteiger partial charge on any atom is -0.460 e. The highest BCUT2D eigenvalue weighted by atomic mass is 16.7. The second-order valence-electron chi connectivity index (χ2n) is 25.4. The normalized spacial score (nSPS) is 24.2. The highest BCUT2D eigenvalue weighted by Gasteiger charge is 2.45. The molecule has 3 aliphatic rings. The van der Waals surface area contributed by atoms with Gasteiger partial charge in [0.2, 0.25) is 41.7 Å². The first-order valence-electron chi connectivity index (χ1n) is 32.3. The van der Waals surface area contributed by atoms with E-state index < -0.39 is 126 Å². The molecule has 0 spiro atoms. The van der Waals surface area contributed by atoms with Gasteiger partial charge < -0.3 is 84.7 Å². The van der Waals surface area contributed by atoms with Gasteiger partial charge in [0.15, 0.2) is 0 Å². The Hall–Kier alpha value is -6.29. The molecule has 7 amide bonds. The number of aliphatic hydroxyl groups excluding tert-OH is 4. The Balaban J connectivity index is 1.25. The maximum absolute atomic E-state index is 14.9. The number of carbonyl (C=O) groups excluding carboxylic acids is 7. The maximum Gasteiger partial charge on any atom is 0.410 e. The summed E-state index contributed by atoms with van der Waals surface area (Å²) in [6, 6.07) is 9.52. The third kappa shape index (κ3) is 20.1. The molecule has 0 aromatic heterocycles. The van der Waals surface area contributed by atoms with Crippen LogP contribution in [0.15, 0.2) is 60.7 Å². The molecule has 92 heavy (non-hydrogen) atoms. The summed E-state index contributed by atoms with van der Waals surface area (Å²) in [5.74, 6) is -4.38. The zero-order valence-corrected chi connectivity index (χ0v) is 56.3. The second-order valence-corrected chi connectivity index (χ2v) is 25.4. The lowest BCUT2D eigenvalue weighted by atomic mass is 9.84. The van der Waals surface area contributed by atoms with E-state index in [2.05, 4.69) is 21.3 Å². The van der Waals surface area contributed by atoms with E-state index >= 15 is 0 Å². The number of carbonyl (C=O) groups is 7. The van der Waals surface area contributed by atoms with E-state index in [-0.39, 0.29) is 74.1 Å². The van der Waals surface area contributed by atoms with Crippen molar-refractivity contribution >= 4 is 47.2 Å². The summed E-state index contributed by atoms with van der Waals surface area (Å²) in [5.41, 5.74) is 0.150. The summed E-state index contributed by atoms with van der Waals surface area (Å²) in [6.45, 7) is 14.1. The van der Waals surface area contributed by atoms with Crippen molar-refractivity contribution in [2.24, 2.45) is 23.7 Å². The number of hydrogen-bond acceptors (Lipinski definition) is 18. The number of likely N-dealkylation sites (tertiary alicyclic amines) is 1. The van der Waals surface area contributed by atoms with E-state index in [9.17, 15) is 54.0 Å². The summed E-state index contributed by atoms with van der Waals surface area (Å²) in [4.78, 5) is 103. The molecule has 2 aromatic carbocycles. The van der Waals surface area contributed by atoms with Crippen LogP contribution in [0, 0.1) is 23.7 Å². The van der Waals surface area contributed by atoms with Gasteiger partial charge in [-0.25, -0.2) is 4.79 Å². The first-order chi connectivity index (χ1) is 43.7. The Bertz CT molecular complexity index is 2740. The molecular formula is C67H105N7O18. The highest BCUT2D eigenvalue weighted by Crippen LogP contribution is 2.35. The van der Waals surface area contributed by atoms with Crippen LogP contribution < -0.4 is 26.0 Å². The largest absolute Gasteiger partial charge is 0.460 e. The van der Waals surface area contributed by atoms with Crippen LogP contribution in [-0.2, 0) is 63.8 Å². The summed E-state index contributed by atoms with van der Waals surface area (Å²) < 4.78 is 40.9. The first-order valence-corrected chi connectivity index (χ1v) is 32.3. The van der Waals surface area contributed by atoms with Gasteiger partial charge in [-0.3, -0.25) is 33.7 Å². The molecule has 2 aliphatic heterocycles. The van der Waals surface area contributed by atoms with Gasteiger partial charge in [-0.1, -0.05) is 110 Å². The van der Waals surface area contributed by atoms with Crippen LogP contribution in [0.25, 0.3) is 0 Å². The Morgan fingerprint density at radius 3 is 2.16 bits per heavy atom. The zero-order valence-electron chi connectivity index (χ0n) is 56.3. The van der Waals surface area contributed by atoms with Crippen molar-refractivity contribution in [2.45, 2.75) is 211 Å². The average molecular weight is 1300 g/mol. The van der Waals surface area contributed by atoms with Gasteiger partial charge >= 0.3 is 6.09 Å². The lowest BCUT2D eigenvalue weighted by Crippen LogP contribution is -2.60. The number of rotatable bonds is 32. The fourth-order valence-electron chi connectivity index (χ4n) is 12.7. The third-order valence-electron chi connectivity index (χ3n) is 18.3. The van der Waals surface area contributed by atoms with Crippen LogP contribution in [0.2, 0.25) is 0 Å². The predicted molar refractivity (Wildman–Crippen MR) is 342 cm³/mol. The van der Waals surface area contributed by atoms with Gasteiger partial charge in [0.25, 0.3) is 0 Å². The zero-order chi connectivity index (χ0) is 68.1. The van der Waals surface area contributed by atoms with Crippen molar-refractivity contribution in [1.29, 1.82) is 0 Å². The molecule has 16 atom stereocenters. The number of amides is 7. The van der Waals surface area contributed by atoms with Crippen LogP contribution in [-0.4, -0.2) is 218 Å². The number of likely N-dealkylation sites (N-methyl/N-ethyl adjacent to an activating group) is 2. The van der Waals surface area contributed by atoms with Gasteiger partial charge in [0.1, 0.15) is 54.5 Å². The van der Waals surface area contributed by atoms with Crippen molar-refractivity contribution < 1.29 is 87.1 Å². The molecule has 25 heteroatoms. The quantitative estimate of drug-likeness (QED) is 0.0458. The first kappa shape index (κ1) is 76.4. The number of benzene rings is 2. The molecule has 5 rings (SSSR count). The molecular weight excluding hydrogens is 1190 g/mol. The highest BCUT2D eigenvalue weighted by molar-refractivity contribution is 5.93. The van der Waals surface area contributed by atoms with Gasteiger partial charge in [0, 0.05) is 62.0 Å². The van der Waals surface area contributed by atoms with Gasteiger partial charge in [-0.2, -0.15) is 0 Å². The van der Waals surface area contributed by atoms with E-state index in [1.807, 2.05) is 44.2 Å². The number of aliphatic hydroxyl groups is 4. The van der Waals surface area contributed by atoms with Crippen LogP contribution in [0.4, 0.5) is 10.5 Å². The average Bonchev–Trinajstić information content (AvgIpc) is 1.35.